The van der Waals surface area contributed by atoms with Gasteiger partial charge in [-0.2, -0.15) is 0 Å². The molecule has 3 amide bonds. The summed E-state index contributed by atoms with van der Waals surface area (Å²) in [6.45, 7) is 1.19. The number of hydrogen-bond acceptors (Lipinski definition) is 6. The highest BCUT2D eigenvalue weighted by atomic mass is 16.4. The second-order valence-electron chi connectivity index (χ2n) is 13.5. The monoisotopic (exact) mass is 709 g/mol. The molecule has 8 rings (SSSR count). The molecule has 5 heterocycles. The average Bonchev–Trinajstić information content (AvgIpc) is 4.05. The van der Waals surface area contributed by atoms with Crippen molar-refractivity contribution in [3.05, 3.63) is 127 Å². The molecular weight excluding hydrogens is 670 g/mol. The zero-order valence-corrected chi connectivity index (χ0v) is 29.1. The highest BCUT2D eigenvalue weighted by molar-refractivity contribution is 5.91. The van der Waals surface area contributed by atoms with Crippen molar-refractivity contribution in [2.75, 3.05) is 20.1 Å². The van der Waals surface area contributed by atoms with Gasteiger partial charge >= 0.3 is 6.09 Å². The Morgan fingerprint density at radius 2 is 1.26 bits per heavy atom. The minimum atomic E-state index is -1.16. The molecule has 4 N–H and O–H groups in total. The Kier molecular flexibility index (Phi) is 9.05. The zero-order valence-electron chi connectivity index (χ0n) is 29.1. The van der Waals surface area contributed by atoms with Crippen LogP contribution in [0.4, 0.5) is 4.79 Å². The van der Waals surface area contributed by atoms with Gasteiger partial charge in [0.1, 0.15) is 17.7 Å². The third-order valence-electron chi connectivity index (χ3n) is 10.3. The number of carbonyl (C=O) groups is 3. The Balaban J connectivity index is 0.942. The van der Waals surface area contributed by atoms with Crippen LogP contribution in [0.25, 0.3) is 33.6 Å². The molecule has 13 heteroatoms. The van der Waals surface area contributed by atoms with Crippen LogP contribution in [-0.2, 0) is 4.79 Å². The maximum atomic E-state index is 13.9. The first kappa shape index (κ1) is 33.6. The number of likely N-dealkylation sites (tertiary alicyclic amines) is 2. The average molecular weight is 710 g/mol. The van der Waals surface area contributed by atoms with Crippen molar-refractivity contribution < 1.29 is 19.5 Å². The first-order chi connectivity index (χ1) is 25.9. The third kappa shape index (κ3) is 6.57. The van der Waals surface area contributed by atoms with Crippen molar-refractivity contribution in [3.8, 4) is 33.6 Å². The Morgan fingerprint density at radius 3 is 1.79 bits per heavy atom. The van der Waals surface area contributed by atoms with Gasteiger partial charge in [-0.3, -0.25) is 14.5 Å². The number of amides is 3. The van der Waals surface area contributed by atoms with Gasteiger partial charge in [0, 0.05) is 32.5 Å². The van der Waals surface area contributed by atoms with E-state index in [4.69, 9.17) is 0 Å². The van der Waals surface area contributed by atoms with Gasteiger partial charge < -0.3 is 29.9 Å². The van der Waals surface area contributed by atoms with E-state index in [0.717, 1.165) is 70.0 Å². The summed E-state index contributed by atoms with van der Waals surface area (Å²) in [7, 11) is 1.43. The number of nitrogens with zero attached hydrogens (tertiary/aromatic N) is 6. The van der Waals surface area contributed by atoms with Crippen molar-refractivity contribution in [1.82, 2.24) is 44.6 Å². The number of likely N-dealkylation sites (N-methyl/N-ethyl adjacent to an activating group) is 1. The minimum Gasteiger partial charge on any atom is -0.465 e. The van der Waals surface area contributed by atoms with Crippen LogP contribution in [0.1, 0.15) is 71.6 Å². The number of benzene rings is 3. The van der Waals surface area contributed by atoms with Crippen LogP contribution >= 0.6 is 0 Å². The predicted molar refractivity (Wildman–Crippen MR) is 197 cm³/mol. The lowest BCUT2D eigenvalue weighted by Gasteiger charge is -2.32. The van der Waals surface area contributed by atoms with E-state index in [9.17, 15) is 19.5 Å². The van der Waals surface area contributed by atoms with Crippen LogP contribution in [0.2, 0.25) is 0 Å². The SMILES string of the molecule is CN(C(=O)O)[C@@H](C(=O)N1CCC[C@H]1c1ncc(-c2ccc(-c3ccc(-c4cnc([C@@H]5CCCN5C(=O)c5ncc[nH]5)[nH]4)cc3)cc2)[nH]1)c1ccccc1. The molecule has 13 nitrogen and oxygen atoms in total. The largest absolute Gasteiger partial charge is 0.465 e. The van der Waals surface area contributed by atoms with E-state index in [1.807, 2.05) is 41.4 Å². The molecule has 2 aliphatic heterocycles. The first-order valence-corrected chi connectivity index (χ1v) is 17.8. The van der Waals surface area contributed by atoms with Gasteiger partial charge in [-0.05, 0) is 53.5 Å². The molecule has 2 saturated heterocycles. The van der Waals surface area contributed by atoms with E-state index >= 15 is 0 Å². The van der Waals surface area contributed by atoms with Crippen LogP contribution in [-0.4, -0.2) is 87.8 Å². The quantitative estimate of drug-likeness (QED) is 0.127. The summed E-state index contributed by atoms with van der Waals surface area (Å²) in [5.74, 6) is 1.41. The summed E-state index contributed by atoms with van der Waals surface area (Å²) < 4.78 is 0. The van der Waals surface area contributed by atoms with E-state index < -0.39 is 12.1 Å². The van der Waals surface area contributed by atoms with Crippen LogP contribution < -0.4 is 0 Å². The smallest absolute Gasteiger partial charge is 0.407 e. The van der Waals surface area contributed by atoms with Gasteiger partial charge in [-0.15, -0.1) is 0 Å². The number of rotatable bonds is 9. The van der Waals surface area contributed by atoms with Crippen LogP contribution in [0.15, 0.2) is 104 Å². The number of aromatic nitrogens is 6. The van der Waals surface area contributed by atoms with Gasteiger partial charge in [0.2, 0.25) is 0 Å². The fourth-order valence-electron chi connectivity index (χ4n) is 7.55. The van der Waals surface area contributed by atoms with Crippen LogP contribution in [0.5, 0.6) is 0 Å². The molecule has 3 aromatic heterocycles. The molecule has 0 spiro atoms. The van der Waals surface area contributed by atoms with Gasteiger partial charge in [0.25, 0.3) is 11.8 Å². The van der Waals surface area contributed by atoms with Crippen molar-refractivity contribution in [2.45, 2.75) is 43.8 Å². The summed E-state index contributed by atoms with van der Waals surface area (Å²) in [5, 5.41) is 9.77. The molecule has 2 aliphatic rings. The third-order valence-corrected chi connectivity index (χ3v) is 10.3. The number of carboxylic acid groups (broad SMARTS) is 1. The Morgan fingerprint density at radius 1 is 0.736 bits per heavy atom. The van der Waals surface area contributed by atoms with Crippen molar-refractivity contribution >= 4 is 17.9 Å². The van der Waals surface area contributed by atoms with E-state index in [0.29, 0.717) is 30.3 Å². The summed E-state index contributed by atoms with van der Waals surface area (Å²) in [5.41, 5.74) is 6.45. The maximum absolute atomic E-state index is 13.9. The molecular formula is C40H39N9O4. The lowest BCUT2D eigenvalue weighted by atomic mass is 10.0. The molecule has 0 radical (unpaired) electrons. The van der Waals surface area contributed by atoms with Crippen LogP contribution in [0, 0.1) is 0 Å². The topological polar surface area (TPSA) is 167 Å². The Bertz CT molecular complexity index is 2210. The highest BCUT2D eigenvalue weighted by Crippen LogP contribution is 2.36. The fraction of sp³-hybridized carbons (Fsp3) is 0.250. The highest BCUT2D eigenvalue weighted by Gasteiger charge is 2.39. The Labute approximate surface area is 305 Å². The number of H-pyrrole nitrogens is 3. The number of nitrogens with one attached hydrogen (secondary N) is 3. The molecule has 0 unspecified atom stereocenters. The number of aromatic amines is 3. The standard InChI is InChI=1S/C40H39N9O4/c1-47(40(52)53)34(29-7-3-2-4-8-29)38(50)48-21-5-9-32(48)35-43-23-30(45-35)27-15-11-25(12-16-27)26-13-17-28(18-14-26)31-24-44-36(46-31)33-10-6-22-49(33)39(51)37-41-19-20-42-37/h2-4,7-8,11-20,23-24,32-34H,5-6,9-10,21-22H2,1H3,(H,41,42)(H,43,45)(H,44,46)(H,52,53)/t32-,33-,34+/m0/s1. The van der Waals surface area contributed by atoms with Crippen LogP contribution in [0.3, 0.4) is 0 Å². The van der Waals surface area contributed by atoms with Gasteiger partial charge in [0.15, 0.2) is 5.82 Å². The van der Waals surface area contributed by atoms with E-state index in [1.165, 1.54) is 7.05 Å². The van der Waals surface area contributed by atoms with E-state index in [2.05, 4.69) is 66.3 Å². The number of imidazole rings is 3. The van der Waals surface area contributed by atoms with E-state index in [-0.39, 0.29) is 23.9 Å². The summed E-state index contributed by atoms with van der Waals surface area (Å²) in [6.07, 6.45) is 8.96. The Hall–Kier alpha value is -6.50. The summed E-state index contributed by atoms with van der Waals surface area (Å²) in [4.78, 5) is 66.8. The molecule has 53 heavy (non-hydrogen) atoms. The van der Waals surface area contributed by atoms with Gasteiger partial charge in [0.05, 0.1) is 35.9 Å². The second kappa shape index (κ2) is 14.3. The summed E-state index contributed by atoms with van der Waals surface area (Å²) in [6, 6.07) is 24.2. The molecule has 268 valence electrons. The maximum Gasteiger partial charge on any atom is 0.407 e. The zero-order chi connectivity index (χ0) is 36.5. The predicted octanol–water partition coefficient (Wildman–Crippen LogP) is 6.85. The first-order valence-electron chi connectivity index (χ1n) is 17.8. The van der Waals surface area contributed by atoms with Crippen molar-refractivity contribution in [2.24, 2.45) is 0 Å². The summed E-state index contributed by atoms with van der Waals surface area (Å²) >= 11 is 0. The van der Waals surface area contributed by atoms with E-state index in [1.54, 1.807) is 35.6 Å². The van der Waals surface area contributed by atoms with Crippen molar-refractivity contribution in [3.63, 3.8) is 0 Å². The normalized spacial score (nSPS) is 17.6. The lowest BCUT2D eigenvalue weighted by Crippen LogP contribution is -2.43. The number of hydrogen-bond donors (Lipinski definition) is 4. The molecule has 0 saturated carbocycles. The minimum absolute atomic E-state index is 0.119. The molecule has 0 aliphatic carbocycles. The number of carbonyl (C=O) groups excluding carboxylic acids is 2. The molecule has 2 fully saturated rings. The van der Waals surface area contributed by atoms with Gasteiger partial charge in [-0.1, -0.05) is 78.9 Å². The molecule has 3 atom stereocenters. The lowest BCUT2D eigenvalue weighted by molar-refractivity contribution is -0.137. The second-order valence-corrected chi connectivity index (χ2v) is 13.5. The van der Waals surface area contributed by atoms with Gasteiger partial charge in [-0.25, -0.2) is 19.7 Å². The van der Waals surface area contributed by atoms with Crippen molar-refractivity contribution in [1.29, 1.82) is 0 Å². The molecule has 3 aromatic carbocycles. The fourth-order valence-corrected chi connectivity index (χ4v) is 7.55. The molecule has 0 bridgehead atoms. The molecule has 6 aromatic rings.